The molecule has 4 nitrogen and oxygen atoms in total. The van der Waals surface area contributed by atoms with Gasteiger partial charge in [0.25, 0.3) is 0 Å². The van der Waals surface area contributed by atoms with Gasteiger partial charge in [-0.2, -0.15) is 5.26 Å². The fourth-order valence-electron chi connectivity index (χ4n) is 0.576. The Morgan fingerprint density at radius 2 is 2.10 bits per heavy atom. The summed E-state index contributed by atoms with van der Waals surface area (Å²) >= 11 is 0. The molecule has 0 unspecified atom stereocenters. The van der Waals surface area contributed by atoms with Crippen molar-refractivity contribution in [1.82, 2.24) is 4.98 Å². The smallest absolute Gasteiger partial charge is 0.103 e. The summed E-state index contributed by atoms with van der Waals surface area (Å²) in [5.74, 6) is 0. The number of nitrogens with zero attached hydrogens (tertiary/aromatic N) is 2. The monoisotopic (exact) mass is 134 g/mol. The van der Waals surface area contributed by atoms with E-state index in [2.05, 4.69) is 4.98 Å². The van der Waals surface area contributed by atoms with Crippen LogP contribution in [0.2, 0.25) is 0 Å². The quantitative estimate of drug-likeness (QED) is 0.527. The van der Waals surface area contributed by atoms with Crippen LogP contribution in [0.5, 0.6) is 0 Å². The van der Waals surface area contributed by atoms with Crippen molar-refractivity contribution < 1.29 is 0 Å². The zero-order chi connectivity index (χ0) is 7.56. The van der Waals surface area contributed by atoms with Crippen LogP contribution in [-0.2, 0) is 0 Å². The molecule has 0 amide bonds. The molecule has 1 rings (SSSR count). The van der Waals surface area contributed by atoms with E-state index in [0.29, 0.717) is 16.9 Å². The van der Waals surface area contributed by atoms with Crippen molar-refractivity contribution in [2.45, 2.75) is 0 Å². The molecule has 0 saturated heterocycles. The topological polar surface area (TPSA) is 88.7 Å². The van der Waals surface area contributed by atoms with Gasteiger partial charge in [0.05, 0.1) is 23.1 Å². The van der Waals surface area contributed by atoms with E-state index in [1.807, 2.05) is 6.07 Å². The lowest BCUT2D eigenvalue weighted by molar-refractivity contribution is 1.31. The van der Waals surface area contributed by atoms with E-state index in [1.165, 1.54) is 12.4 Å². The average Bonchev–Trinajstić information content (AvgIpc) is 1.95. The summed E-state index contributed by atoms with van der Waals surface area (Å²) in [5.41, 5.74) is 11.7. The van der Waals surface area contributed by atoms with Crippen LogP contribution in [0.25, 0.3) is 0 Å². The van der Waals surface area contributed by atoms with Crippen LogP contribution < -0.4 is 11.5 Å². The maximum absolute atomic E-state index is 8.42. The van der Waals surface area contributed by atoms with Crippen molar-refractivity contribution in [2.75, 3.05) is 11.5 Å². The molecule has 0 atom stereocenters. The Morgan fingerprint density at radius 3 is 2.60 bits per heavy atom. The van der Waals surface area contributed by atoms with Gasteiger partial charge in [-0.3, -0.25) is 4.98 Å². The summed E-state index contributed by atoms with van der Waals surface area (Å²) in [6.45, 7) is 0. The summed E-state index contributed by atoms with van der Waals surface area (Å²) in [6, 6.07) is 1.87. The third kappa shape index (κ3) is 0.845. The summed E-state index contributed by atoms with van der Waals surface area (Å²) < 4.78 is 0. The minimum Gasteiger partial charge on any atom is -0.396 e. The summed E-state index contributed by atoms with van der Waals surface area (Å²) in [4.78, 5) is 3.69. The maximum Gasteiger partial charge on any atom is 0.103 e. The number of pyridine rings is 1. The SMILES string of the molecule is N#Cc1cncc(N)c1N. The zero-order valence-electron chi connectivity index (χ0n) is 5.20. The van der Waals surface area contributed by atoms with Crippen LogP contribution >= 0.6 is 0 Å². The van der Waals surface area contributed by atoms with E-state index in [-0.39, 0.29) is 0 Å². The summed E-state index contributed by atoms with van der Waals surface area (Å²) in [6.07, 6.45) is 2.79. The number of nitriles is 1. The van der Waals surface area contributed by atoms with E-state index in [1.54, 1.807) is 0 Å². The average molecular weight is 134 g/mol. The molecule has 0 aliphatic carbocycles. The molecule has 1 aromatic rings. The highest BCUT2D eigenvalue weighted by atomic mass is 14.7. The lowest BCUT2D eigenvalue weighted by atomic mass is 10.2. The van der Waals surface area contributed by atoms with E-state index in [4.69, 9.17) is 16.7 Å². The Balaban J connectivity index is 3.31. The lowest BCUT2D eigenvalue weighted by Gasteiger charge is -1.97. The largest absolute Gasteiger partial charge is 0.396 e. The van der Waals surface area contributed by atoms with Crippen molar-refractivity contribution in [3.63, 3.8) is 0 Å². The van der Waals surface area contributed by atoms with Gasteiger partial charge in [0, 0.05) is 6.20 Å². The number of nitrogen functional groups attached to an aromatic ring is 2. The minimum absolute atomic E-state index is 0.303. The Labute approximate surface area is 58.1 Å². The van der Waals surface area contributed by atoms with E-state index >= 15 is 0 Å². The molecule has 0 aromatic carbocycles. The number of rotatable bonds is 0. The molecule has 1 heterocycles. The second kappa shape index (κ2) is 2.23. The first-order valence-electron chi connectivity index (χ1n) is 2.64. The van der Waals surface area contributed by atoms with Gasteiger partial charge in [-0.15, -0.1) is 0 Å². The number of anilines is 2. The Kier molecular flexibility index (Phi) is 1.42. The predicted octanol–water partition coefficient (Wildman–Crippen LogP) is 0.118. The lowest BCUT2D eigenvalue weighted by Crippen LogP contribution is -1.98. The molecule has 0 spiro atoms. The Bertz CT molecular complexity index is 286. The first-order chi connectivity index (χ1) is 4.75. The van der Waals surface area contributed by atoms with Gasteiger partial charge in [-0.1, -0.05) is 0 Å². The van der Waals surface area contributed by atoms with Gasteiger partial charge in [0.15, 0.2) is 0 Å². The number of nitrogens with two attached hydrogens (primary N) is 2. The maximum atomic E-state index is 8.42. The van der Waals surface area contributed by atoms with Gasteiger partial charge in [0.2, 0.25) is 0 Å². The normalized spacial score (nSPS) is 8.70. The van der Waals surface area contributed by atoms with Gasteiger partial charge in [-0.05, 0) is 0 Å². The highest BCUT2D eigenvalue weighted by molar-refractivity contribution is 5.68. The van der Waals surface area contributed by atoms with Gasteiger partial charge < -0.3 is 11.5 Å². The van der Waals surface area contributed by atoms with Crippen LogP contribution in [-0.4, -0.2) is 4.98 Å². The molecule has 4 heteroatoms. The van der Waals surface area contributed by atoms with Crippen molar-refractivity contribution >= 4 is 11.4 Å². The van der Waals surface area contributed by atoms with Crippen molar-refractivity contribution in [3.8, 4) is 6.07 Å². The molecular weight excluding hydrogens is 128 g/mol. The molecular formula is C6H6N4. The fourth-order valence-corrected chi connectivity index (χ4v) is 0.576. The van der Waals surface area contributed by atoms with E-state index in [9.17, 15) is 0 Å². The molecule has 0 radical (unpaired) electrons. The first kappa shape index (κ1) is 6.36. The zero-order valence-corrected chi connectivity index (χ0v) is 5.20. The highest BCUT2D eigenvalue weighted by Crippen LogP contribution is 2.15. The van der Waals surface area contributed by atoms with Crippen LogP contribution in [0.3, 0.4) is 0 Å². The molecule has 0 fully saturated rings. The number of hydrogen-bond donors (Lipinski definition) is 2. The second-order valence-corrected chi connectivity index (χ2v) is 1.80. The minimum atomic E-state index is 0.303. The molecule has 0 aliphatic heterocycles. The predicted molar refractivity (Wildman–Crippen MR) is 37.8 cm³/mol. The van der Waals surface area contributed by atoms with E-state index < -0.39 is 0 Å². The first-order valence-corrected chi connectivity index (χ1v) is 2.64. The third-order valence-corrected chi connectivity index (χ3v) is 1.14. The standard InChI is InChI=1S/C6H6N4/c7-1-4-2-10-3-5(8)6(4)9/h2-3H,8H2,(H2,9,10). The van der Waals surface area contributed by atoms with Crippen molar-refractivity contribution in [2.24, 2.45) is 0 Å². The molecule has 50 valence electrons. The fraction of sp³-hybridized carbons (Fsp3) is 0. The van der Waals surface area contributed by atoms with Gasteiger partial charge >= 0.3 is 0 Å². The van der Waals surface area contributed by atoms with Gasteiger partial charge in [0.1, 0.15) is 6.07 Å². The third-order valence-electron chi connectivity index (χ3n) is 1.14. The highest BCUT2D eigenvalue weighted by Gasteiger charge is 1.99. The summed E-state index contributed by atoms with van der Waals surface area (Å²) in [7, 11) is 0. The molecule has 0 bridgehead atoms. The van der Waals surface area contributed by atoms with Crippen LogP contribution in [0, 0.1) is 11.3 Å². The Morgan fingerprint density at radius 1 is 1.40 bits per heavy atom. The molecule has 1 aromatic heterocycles. The number of hydrogen-bond acceptors (Lipinski definition) is 4. The molecule has 10 heavy (non-hydrogen) atoms. The summed E-state index contributed by atoms with van der Waals surface area (Å²) in [5, 5.41) is 8.42. The Hall–Kier alpha value is -1.76. The van der Waals surface area contributed by atoms with E-state index in [0.717, 1.165) is 0 Å². The molecule has 0 saturated carbocycles. The second-order valence-electron chi connectivity index (χ2n) is 1.80. The number of aromatic nitrogens is 1. The molecule has 4 N–H and O–H groups in total. The van der Waals surface area contributed by atoms with Crippen LogP contribution in [0.4, 0.5) is 11.4 Å². The molecule has 0 aliphatic rings. The van der Waals surface area contributed by atoms with Crippen LogP contribution in [0.1, 0.15) is 5.56 Å². The van der Waals surface area contributed by atoms with Gasteiger partial charge in [-0.25, -0.2) is 0 Å². The van der Waals surface area contributed by atoms with Crippen molar-refractivity contribution in [3.05, 3.63) is 18.0 Å². The van der Waals surface area contributed by atoms with Crippen LogP contribution in [0.15, 0.2) is 12.4 Å². The van der Waals surface area contributed by atoms with Crippen molar-refractivity contribution in [1.29, 1.82) is 5.26 Å².